The van der Waals surface area contributed by atoms with E-state index in [2.05, 4.69) is 18.5 Å². The lowest BCUT2D eigenvalue weighted by molar-refractivity contribution is -0.121. The van der Waals surface area contributed by atoms with Crippen molar-refractivity contribution in [1.82, 2.24) is 5.32 Å². The molecule has 0 aliphatic heterocycles. The zero-order valence-corrected chi connectivity index (χ0v) is 13.1. The fourth-order valence-corrected chi connectivity index (χ4v) is 2.97. The van der Waals surface area contributed by atoms with E-state index < -0.39 is 0 Å². The Morgan fingerprint density at radius 3 is 2.58 bits per heavy atom. The normalized spacial score (nSPS) is 13.1. The molecule has 3 heteroatoms. The van der Waals surface area contributed by atoms with Crippen LogP contribution in [0.3, 0.4) is 0 Å². The number of amides is 1. The van der Waals surface area contributed by atoms with Gasteiger partial charge in [-0.05, 0) is 36.2 Å². The van der Waals surface area contributed by atoms with E-state index in [1.165, 1.54) is 24.3 Å². The molecule has 0 aliphatic rings. The van der Waals surface area contributed by atoms with Crippen molar-refractivity contribution in [2.24, 2.45) is 0 Å². The molecule has 1 aromatic rings. The van der Waals surface area contributed by atoms with Crippen molar-refractivity contribution in [2.45, 2.75) is 39.2 Å². The molecule has 1 amide bonds. The van der Waals surface area contributed by atoms with Crippen molar-refractivity contribution in [3.05, 3.63) is 35.9 Å². The van der Waals surface area contributed by atoms with Crippen LogP contribution in [0, 0.1) is 0 Å². The summed E-state index contributed by atoms with van der Waals surface area (Å²) in [6.07, 6.45) is 6.52. The zero-order chi connectivity index (χ0) is 13.9. The van der Waals surface area contributed by atoms with Crippen LogP contribution in [0.25, 0.3) is 0 Å². The van der Waals surface area contributed by atoms with Crippen molar-refractivity contribution < 1.29 is 4.79 Å². The molecule has 0 spiro atoms. The molecule has 1 atom stereocenters. The molecule has 108 valence electrons. The second-order valence-corrected chi connectivity index (χ2v) is 7.76. The van der Waals surface area contributed by atoms with Crippen LogP contribution in [0.2, 0.25) is 0 Å². The third-order valence-corrected chi connectivity index (χ3v) is 5.48. The summed E-state index contributed by atoms with van der Waals surface area (Å²) in [5.74, 6) is 2.86. The van der Waals surface area contributed by atoms with Crippen LogP contribution in [0.1, 0.15) is 38.2 Å². The molecule has 0 aromatic heterocycles. The lowest BCUT2D eigenvalue weighted by atomic mass is 10.2. The Kier molecular flexibility index (Phi) is 8.39. The third kappa shape index (κ3) is 7.93. The zero-order valence-electron chi connectivity index (χ0n) is 12.2. The minimum Gasteiger partial charge on any atom is -0.352 e. The molecule has 2 nitrogen and oxygen atoms in total. The highest BCUT2D eigenvalue weighted by atomic mass is 32.2. The van der Waals surface area contributed by atoms with Gasteiger partial charge in [0.2, 0.25) is 5.91 Å². The van der Waals surface area contributed by atoms with Crippen LogP contribution in [0.4, 0.5) is 0 Å². The summed E-state index contributed by atoms with van der Waals surface area (Å²) in [5, 5.41) is 2.97. The molecule has 0 bridgehead atoms. The largest absolute Gasteiger partial charge is 0.352 e. The average Bonchev–Trinajstić information content (AvgIpc) is 2.45. The molecule has 19 heavy (non-hydrogen) atoms. The lowest BCUT2D eigenvalue weighted by Gasteiger charge is -2.12. The van der Waals surface area contributed by atoms with Gasteiger partial charge in [-0.25, -0.2) is 0 Å². The number of carbonyl (C=O) groups excluding carboxylic acids is 1. The molecule has 0 aliphatic carbocycles. The van der Waals surface area contributed by atoms with Crippen molar-refractivity contribution in [3.63, 3.8) is 0 Å². The minimum absolute atomic E-state index is 0.179. The molecule has 0 radical (unpaired) electrons. The maximum absolute atomic E-state index is 11.7. The average molecular weight is 281 g/mol. The van der Waals surface area contributed by atoms with Gasteiger partial charge >= 0.3 is 0 Å². The summed E-state index contributed by atoms with van der Waals surface area (Å²) < 4.78 is 0. The summed E-state index contributed by atoms with van der Waals surface area (Å²) in [5.41, 5.74) is 1.16. The van der Waals surface area contributed by atoms with E-state index >= 15 is 0 Å². The topological polar surface area (TPSA) is 29.1 Å². The van der Waals surface area contributed by atoms with Gasteiger partial charge in [0.1, 0.15) is 0 Å². The van der Waals surface area contributed by atoms with Crippen molar-refractivity contribution in [2.75, 3.05) is 17.8 Å². The van der Waals surface area contributed by atoms with Crippen LogP contribution in [-0.2, 0) is 11.3 Å². The summed E-state index contributed by atoms with van der Waals surface area (Å²) >= 11 is 0. The van der Waals surface area contributed by atoms with E-state index in [0.29, 0.717) is 13.0 Å². The van der Waals surface area contributed by atoms with Gasteiger partial charge in [0.05, 0.1) is 0 Å². The smallest absolute Gasteiger partial charge is 0.220 e. The van der Waals surface area contributed by atoms with Gasteiger partial charge in [-0.2, -0.15) is 0 Å². The van der Waals surface area contributed by atoms with E-state index in [4.69, 9.17) is 0 Å². The summed E-state index contributed by atoms with van der Waals surface area (Å²) in [4.78, 5) is 11.7. The molecule has 1 rings (SSSR count). The minimum atomic E-state index is 0.179. The summed E-state index contributed by atoms with van der Waals surface area (Å²) in [7, 11) is 0.252. The Morgan fingerprint density at radius 1 is 1.16 bits per heavy atom. The number of unbranched alkanes of at least 4 members (excludes halogenated alkanes) is 2. The van der Waals surface area contributed by atoms with Crippen molar-refractivity contribution in [3.8, 4) is 0 Å². The van der Waals surface area contributed by atoms with Crippen LogP contribution in [-0.4, -0.2) is 23.7 Å². The SMILES string of the molecule is CC[SH](C)CCCCCC(=O)NCc1ccccc1. The van der Waals surface area contributed by atoms with E-state index in [-0.39, 0.29) is 16.8 Å². The number of carbonyl (C=O) groups is 1. The van der Waals surface area contributed by atoms with E-state index in [9.17, 15) is 4.79 Å². The highest BCUT2D eigenvalue weighted by Gasteiger charge is 2.01. The number of nitrogens with one attached hydrogen (secondary N) is 1. The standard InChI is InChI=1S/C16H27NOS/c1-3-19(2)13-9-5-8-12-16(18)17-14-15-10-6-4-7-11-15/h4,6-7,10-11,19H,3,5,8-9,12-14H2,1-2H3,(H,17,18). The first kappa shape index (κ1) is 16.1. The van der Waals surface area contributed by atoms with Gasteiger partial charge in [-0.15, -0.1) is 0 Å². The number of benzene rings is 1. The second-order valence-electron chi connectivity index (χ2n) is 4.97. The maximum atomic E-state index is 11.7. The van der Waals surface area contributed by atoms with E-state index in [1.807, 2.05) is 30.3 Å². The first-order valence-corrected chi connectivity index (χ1v) is 9.37. The molecule has 0 fully saturated rings. The molecular formula is C16H27NOS. The number of thiol groups is 1. The number of hydrogen-bond acceptors (Lipinski definition) is 1. The molecule has 1 aromatic carbocycles. The fraction of sp³-hybridized carbons (Fsp3) is 0.562. The molecule has 1 unspecified atom stereocenters. The number of hydrogen-bond donors (Lipinski definition) is 2. The molecule has 1 N–H and O–H groups in total. The number of rotatable bonds is 9. The van der Waals surface area contributed by atoms with Gasteiger partial charge in [-0.3, -0.25) is 15.7 Å². The van der Waals surface area contributed by atoms with E-state index in [1.54, 1.807) is 0 Å². The van der Waals surface area contributed by atoms with Gasteiger partial charge in [-0.1, -0.05) is 43.7 Å². The Morgan fingerprint density at radius 2 is 1.89 bits per heavy atom. The van der Waals surface area contributed by atoms with Gasteiger partial charge in [0, 0.05) is 13.0 Å². The first-order chi connectivity index (χ1) is 9.22. The Balaban J connectivity index is 2.02. The highest BCUT2D eigenvalue weighted by Crippen LogP contribution is 2.20. The Bertz CT molecular complexity index is 353. The monoisotopic (exact) mass is 281 g/mol. The van der Waals surface area contributed by atoms with Gasteiger partial charge in [0.15, 0.2) is 0 Å². The molecule has 0 saturated carbocycles. The predicted octanol–water partition coefficient (Wildman–Crippen LogP) is 3.51. The summed E-state index contributed by atoms with van der Waals surface area (Å²) in [6.45, 7) is 2.92. The van der Waals surface area contributed by atoms with Crippen LogP contribution in [0.15, 0.2) is 30.3 Å². The molecular weight excluding hydrogens is 254 g/mol. The Hall–Kier alpha value is -0.960. The lowest BCUT2D eigenvalue weighted by Crippen LogP contribution is -2.22. The fourth-order valence-electron chi connectivity index (χ4n) is 1.89. The van der Waals surface area contributed by atoms with Gasteiger partial charge < -0.3 is 5.32 Å². The second kappa shape index (κ2) is 9.90. The van der Waals surface area contributed by atoms with Crippen LogP contribution >= 0.6 is 10.9 Å². The molecule has 0 saturated heterocycles. The quantitative estimate of drug-likeness (QED) is 0.526. The van der Waals surface area contributed by atoms with E-state index in [0.717, 1.165) is 12.0 Å². The Labute approximate surface area is 120 Å². The summed E-state index contributed by atoms with van der Waals surface area (Å²) in [6, 6.07) is 10.1. The van der Waals surface area contributed by atoms with Crippen molar-refractivity contribution in [1.29, 1.82) is 0 Å². The molecule has 0 heterocycles. The van der Waals surface area contributed by atoms with Crippen molar-refractivity contribution >= 4 is 16.8 Å². The highest BCUT2D eigenvalue weighted by molar-refractivity contribution is 8.16. The third-order valence-electron chi connectivity index (χ3n) is 3.32. The van der Waals surface area contributed by atoms with Crippen LogP contribution in [0.5, 0.6) is 0 Å². The predicted molar refractivity (Wildman–Crippen MR) is 87.1 cm³/mol. The maximum Gasteiger partial charge on any atom is 0.220 e. The van der Waals surface area contributed by atoms with Gasteiger partial charge in [0.25, 0.3) is 0 Å². The van der Waals surface area contributed by atoms with Crippen LogP contribution < -0.4 is 5.32 Å². The first-order valence-electron chi connectivity index (χ1n) is 7.21.